The number of ether oxygens (including phenoxy) is 2. The number of rotatable bonds is 9. The van der Waals surface area contributed by atoms with Crippen molar-refractivity contribution in [2.75, 3.05) is 19.7 Å². The average Bonchev–Trinajstić information content (AvgIpc) is 2.65. The van der Waals surface area contributed by atoms with E-state index in [1.54, 1.807) is 18.2 Å². The van der Waals surface area contributed by atoms with Crippen LogP contribution in [-0.4, -0.2) is 31.6 Å². The van der Waals surface area contributed by atoms with Crippen molar-refractivity contribution in [1.29, 1.82) is 0 Å². The number of hydrogen-bond donors (Lipinski definition) is 2. The third-order valence-corrected chi connectivity index (χ3v) is 4.23. The van der Waals surface area contributed by atoms with Crippen molar-refractivity contribution in [1.82, 2.24) is 8.85 Å². The summed E-state index contributed by atoms with van der Waals surface area (Å²) in [6.45, 7) is 1.24. The van der Waals surface area contributed by atoms with E-state index in [4.69, 9.17) is 9.47 Å². The van der Waals surface area contributed by atoms with Crippen LogP contribution in [0.15, 0.2) is 53.0 Å². The van der Waals surface area contributed by atoms with E-state index in [1.807, 2.05) is 53.2 Å². The van der Waals surface area contributed by atoms with Crippen molar-refractivity contribution >= 4 is 50.7 Å². The Bertz CT molecular complexity index is 743. The van der Waals surface area contributed by atoms with E-state index in [0.717, 1.165) is 5.56 Å². The maximum absolute atomic E-state index is 12.2. The first-order valence-electron chi connectivity index (χ1n) is 7.83. The summed E-state index contributed by atoms with van der Waals surface area (Å²) in [6.07, 6.45) is 0. The smallest absolute Gasteiger partial charge is 0.338 e. The molecular formula is C18H18BrIN2O4. The quantitative estimate of drug-likeness (QED) is 0.224. The fourth-order valence-electron chi connectivity index (χ4n) is 2.02. The number of hydrogen-bond acceptors (Lipinski definition) is 5. The van der Waals surface area contributed by atoms with E-state index in [2.05, 4.69) is 24.8 Å². The Morgan fingerprint density at radius 1 is 1.08 bits per heavy atom. The highest BCUT2D eigenvalue weighted by molar-refractivity contribution is 14.1. The van der Waals surface area contributed by atoms with Crippen molar-refractivity contribution < 1.29 is 19.1 Å². The van der Waals surface area contributed by atoms with Crippen molar-refractivity contribution in [2.24, 2.45) is 0 Å². The molecule has 6 nitrogen and oxygen atoms in total. The molecule has 0 heterocycles. The van der Waals surface area contributed by atoms with Gasteiger partial charge < -0.3 is 14.8 Å². The van der Waals surface area contributed by atoms with Gasteiger partial charge in [-0.3, -0.25) is 8.32 Å². The van der Waals surface area contributed by atoms with Crippen LogP contribution >= 0.6 is 38.8 Å². The van der Waals surface area contributed by atoms with Gasteiger partial charge >= 0.3 is 5.97 Å². The van der Waals surface area contributed by atoms with Crippen LogP contribution in [0, 0.1) is 0 Å². The largest absolute Gasteiger partial charge is 0.484 e. The van der Waals surface area contributed by atoms with E-state index in [9.17, 15) is 9.59 Å². The standard InChI is InChI=1S/C18H18BrIN2O4/c19-15-8-14(18(24)26-11-13-4-2-1-3-5-13)9-16(10-15)25-12-17(23)21-6-7-22-20/h1-5,8-10,22H,6-7,11-12H2,(H,21,23). The van der Waals surface area contributed by atoms with Crippen LogP contribution in [0.2, 0.25) is 0 Å². The first kappa shape index (κ1) is 20.7. The Morgan fingerprint density at radius 2 is 1.85 bits per heavy atom. The van der Waals surface area contributed by atoms with Crippen LogP contribution in [0.25, 0.3) is 0 Å². The predicted octanol–water partition coefficient (Wildman–Crippen LogP) is 3.24. The minimum atomic E-state index is -0.461. The summed E-state index contributed by atoms with van der Waals surface area (Å²) in [7, 11) is 0. The van der Waals surface area contributed by atoms with Gasteiger partial charge in [0, 0.05) is 40.4 Å². The number of halogens is 2. The van der Waals surface area contributed by atoms with E-state index >= 15 is 0 Å². The Hall–Kier alpha value is -1.65. The second-order valence-corrected chi connectivity index (χ2v) is 6.94. The summed E-state index contributed by atoms with van der Waals surface area (Å²) in [6, 6.07) is 14.3. The van der Waals surface area contributed by atoms with Crippen LogP contribution in [0.5, 0.6) is 5.75 Å². The molecular weight excluding hydrogens is 515 g/mol. The molecule has 2 rings (SSSR count). The number of amides is 1. The molecule has 0 aromatic heterocycles. The fraction of sp³-hybridized carbons (Fsp3) is 0.222. The lowest BCUT2D eigenvalue weighted by Gasteiger charge is -2.10. The Morgan fingerprint density at radius 3 is 2.58 bits per heavy atom. The molecule has 0 aliphatic rings. The van der Waals surface area contributed by atoms with Crippen LogP contribution < -0.4 is 13.6 Å². The van der Waals surface area contributed by atoms with Crippen LogP contribution in [-0.2, 0) is 16.1 Å². The minimum absolute atomic E-state index is 0.129. The van der Waals surface area contributed by atoms with Crippen LogP contribution in [0.3, 0.4) is 0 Å². The van der Waals surface area contributed by atoms with E-state index in [1.165, 1.54) is 0 Å². The summed E-state index contributed by atoms with van der Waals surface area (Å²) < 4.78 is 14.3. The topological polar surface area (TPSA) is 76.7 Å². The lowest BCUT2D eigenvalue weighted by molar-refractivity contribution is -0.123. The molecule has 0 saturated heterocycles. The number of carbonyl (C=O) groups is 2. The highest BCUT2D eigenvalue weighted by atomic mass is 127. The molecule has 26 heavy (non-hydrogen) atoms. The van der Waals surface area contributed by atoms with Crippen molar-refractivity contribution in [3.8, 4) is 5.75 Å². The summed E-state index contributed by atoms with van der Waals surface area (Å²) in [5.41, 5.74) is 1.25. The number of carbonyl (C=O) groups excluding carboxylic acids is 2. The predicted molar refractivity (Wildman–Crippen MR) is 110 cm³/mol. The zero-order valence-corrected chi connectivity index (χ0v) is 17.6. The molecule has 2 N–H and O–H groups in total. The summed E-state index contributed by atoms with van der Waals surface area (Å²) >= 11 is 5.35. The second-order valence-electron chi connectivity index (χ2n) is 5.26. The van der Waals surface area contributed by atoms with Gasteiger partial charge in [-0.2, -0.15) is 0 Å². The molecule has 0 aliphatic heterocycles. The summed E-state index contributed by atoms with van der Waals surface area (Å²) in [4.78, 5) is 23.9. The first-order valence-corrected chi connectivity index (χ1v) is 9.70. The van der Waals surface area contributed by atoms with E-state index in [-0.39, 0.29) is 19.1 Å². The van der Waals surface area contributed by atoms with Gasteiger partial charge in [-0.1, -0.05) is 46.3 Å². The molecule has 0 aliphatic carbocycles. The van der Waals surface area contributed by atoms with Crippen molar-refractivity contribution in [3.63, 3.8) is 0 Å². The maximum atomic E-state index is 12.2. The molecule has 0 bridgehead atoms. The Balaban J connectivity index is 1.91. The molecule has 0 fully saturated rings. The zero-order valence-electron chi connectivity index (χ0n) is 13.8. The number of nitrogens with one attached hydrogen (secondary N) is 2. The van der Waals surface area contributed by atoms with Gasteiger partial charge in [0.25, 0.3) is 5.91 Å². The molecule has 2 aromatic carbocycles. The molecule has 0 saturated carbocycles. The Labute approximate surface area is 174 Å². The molecule has 0 unspecified atom stereocenters. The van der Waals surface area contributed by atoms with Gasteiger partial charge in [-0.15, -0.1) is 0 Å². The summed E-state index contributed by atoms with van der Waals surface area (Å²) in [5, 5.41) is 2.71. The Kier molecular flexibility index (Phi) is 8.86. The lowest BCUT2D eigenvalue weighted by Crippen LogP contribution is -2.32. The van der Waals surface area contributed by atoms with Crippen molar-refractivity contribution in [3.05, 3.63) is 64.1 Å². The zero-order chi connectivity index (χ0) is 18.8. The molecule has 138 valence electrons. The molecule has 0 atom stereocenters. The lowest BCUT2D eigenvalue weighted by atomic mass is 10.2. The average molecular weight is 533 g/mol. The first-order chi connectivity index (χ1) is 12.6. The normalized spacial score (nSPS) is 10.2. The van der Waals surface area contributed by atoms with Crippen molar-refractivity contribution in [2.45, 2.75) is 6.61 Å². The summed E-state index contributed by atoms with van der Waals surface area (Å²) in [5.74, 6) is -0.282. The molecule has 8 heteroatoms. The number of esters is 1. The fourth-order valence-corrected chi connectivity index (χ4v) is 2.76. The molecule has 0 radical (unpaired) electrons. The molecule has 2 aromatic rings. The van der Waals surface area contributed by atoms with Crippen LogP contribution in [0.1, 0.15) is 15.9 Å². The number of benzene rings is 2. The van der Waals surface area contributed by atoms with Gasteiger partial charge in [-0.25, -0.2) is 4.79 Å². The minimum Gasteiger partial charge on any atom is -0.484 e. The van der Waals surface area contributed by atoms with E-state index in [0.29, 0.717) is 28.9 Å². The molecule has 1 amide bonds. The van der Waals surface area contributed by atoms with E-state index < -0.39 is 5.97 Å². The van der Waals surface area contributed by atoms with Gasteiger partial charge in [0.1, 0.15) is 12.4 Å². The van der Waals surface area contributed by atoms with Gasteiger partial charge in [0.15, 0.2) is 6.61 Å². The highest BCUT2D eigenvalue weighted by Crippen LogP contribution is 2.22. The van der Waals surface area contributed by atoms with Gasteiger partial charge in [-0.05, 0) is 23.8 Å². The maximum Gasteiger partial charge on any atom is 0.338 e. The highest BCUT2D eigenvalue weighted by Gasteiger charge is 2.11. The second kappa shape index (κ2) is 11.1. The SMILES string of the molecule is O=C(COc1cc(Br)cc(C(=O)OCc2ccccc2)c1)NCCNI. The monoisotopic (exact) mass is 532 g/mol. The van der Waals surface area contributed by atoms with Gasteiger partial charge in [0.05, 0.1) is 5.56 Å². The third-order valence-electron chi connectivity index (χ3n) is 3.23. The third kappa shape index (κ3) is 7.30. The van der Waals surface area contributed by atoms with Gasteiger partial charge in [0.2, 0.25) is 0 Å². The van der Waals surface area contributed by atoms with Crippen LogP contribution in [0.4, 0.5) is 0 Å². The molecule has 0 spiro atoms.